The van der Waals surface area contributed by atoms with Crippen molar-refractivity contribution in [3.8, 4) is 5.88 Å². The third kappa shape index (κ3) is 3.75. The average molecular weight is 293 g/mol. The number of methoxy groups -OCH3 is 1. The molecule has 0 unspecified atom stereocenters. The summed E-state index contributed by atoms with van der Waals surface area (Å²) in [6, 6.07) is 3.44. The van der Waals surface area contributed by atoms with E-state index in [4.69, 9.17) is 9.47 Å². The minimum Gasteiger partial charge on any atom is -0.475 e. The highest BCUT2D eigenvalue weighted by atomic mass is 32.1. The Morgan fingerprint density at radius 3 is 2.85 bits per heavy atom. The Bertz CT molecular complexity index is 568. The second kappa shape index (κ2) is 6.97. The summed E-state index contributed by atoms with van der Waals surface area (Å²) in [6.45, 7) is 2.75. The number of aryl methyl sites for hydroxylation is 1. The van der Waals surface area contributed by atoms with Crippen LogP contribution in [-0.2, 0) is 4.74 Å². The van der Waals surface area contributed by atoms with Crippen LogP contribution in [-0.4, -0.2) is 35.6 Å². The summed E-state index contributed by atoms with van der Waals surface area (Å²) in [4.78, 5) is 16.1. The molecule has 0 atom stereocenters. The molecule has 2 rings (SSSR count). The molecular weight excluding hydrogens is 278 g/mol. The fourth-order valence-corrected chi connectivity index (χ4v) is 2.17. The SMILES string of the molecule is COCCOc1ccc(NC(=O)c2csnc2C)cn1. The quantitative estimate of drug-likeness (QED) is 0.826. The smallest absolute Gasteiger partial charge is 0.258 e. The van der Waals surface area contributed by atoms with Crippen LogP contribution in [0.4, 0.5) is 5.69 Å². The number of amides is 1. The van der Waals surface area contributed by atoms with E-state index in [1.807, 2.05) is 0 Å². The van der Waals surface area contributed by atoms with Crippen LogP contribution in [0.3, 0.4) is 0 Å². The van der Waals surface area contributed by atoms with Gasteiger partial charge < -0.3 is 14.8 Å². The summed E-state index contributed by atoms with van der Waals surface area (Å²) < 4.78 is 14.3. The predicted molar refractivity (Wildman–Crippen MR) is 76.4 cm³/mol. The highest BCUT2D eigenvalue weighted by molar-refractivity contribution is 7.04. The van der Waals surface area contributed by atoms with Crippen molar-refractivity contribution in [3.63, 3.8) is 0 Å². The van der Waals surface area contributed by atoms with Gasteiger partial charge in [0.25, 0.3) is 5.91 Å². The number of carbonyl (C=O) groups excluding carboxylic acids is 1. The second-order valence-electron chi connectivity index (χ2n) is 3.99. The van der Waals surface area contributed by atoms with Gasteiger partial charge in [0.2, 0.25) is 5.88 Å². The second-order valence-corrected chi connectivity index (χ2v) is 4.62. The summed E-state index contributed by atoms with van der Waals surface area (Å²) in [5, 5.41) is 4.49. The number of nitrogens with zero attached hydrogens (tertiary/aromatic N) is 2. The molecule has 106 valence electrons. The molecule has 1 N–H and O–H groups in total. The number of rotatable bonds is 6. The number of carbonyl (C=O) groups is 1. The van der Waals surface area contributed by atoms with Gasteiger partial charge in [0, 0.05) is 18.6 Å². The topological polar surface area (TPSA) is 73.3 Å². The number of hydrogen-bond acceptors (Lipinski definition) is 6. The van der Waals surface area contributed by atoms with Gasteiger partial charge in [-0.15, -0.1) is 0 Å². The van der Waals surface area contributed by atoms with Crippen molar-refractivity contribution in [1.29, 1.82) is 0 Å². The fourth-order valence-electron chi connectivity index (χ4n) is 1.48. The number of aromatic nitrogens is 2. The fraction of sp³-hybridized carbons (Fsp3) is 0.308. The molecule has 0 aliphatic heterocycles. The lowest BCUT2D eigenvalue weighted by molar-refractivity contribution is 0.102. The van der Waals surface area contributed by atoms with E-state index >= 15 is 0 Å². The van der Waals surface area contributed by atoms with Crippen molar-refractivity contribution in [2.75, 3.05) is 25.6 Å². The lowest BCUT2D eigenvalue weighted by Gasteiger charge is -2.06. The third-order valence-corrected chi connectivity index (χ3v) is 3.25. The third-order valence-electron chi connectivity index (χ3n) is 2.53. The Hall–Kier alpha value is -1.99. The van der Waals surface area contributed by atoms with Crippen molar-refractivity contribution in [2.45, 2.75) is 6.92 Å². The Morgan fingerprint density at radius 1 is 1.40 bits per heavy atom. The van der Waals surface area contributed by atoms with Gasteiger partial charge in [0.05, 0.1) is 29.7 Å². The maximum atomic E-state index is 12.0. The Kier molecular flexibility index (Phi) is 5.03. The van der Waals surface area contributed by atoms with Gasteiger partial charge in [-0.25, -0.2) is 4.98 Å². The molecule has 7 heteroatoms. The van der Waals surface area contributed by atoms with Crippen LogP contribution in [0.1, 0.15) is 16.1 Å². The molecule has 20 heavy (non-hydrogen) atoms. The van der Waals surface area contributed by atoms with Crippen LogP contribution >= 0.6 is 11.5 Å². The number of anilines is 1. The molecule has 0 saturated heterocycles. The minimum atomic E-state index is -0.189. The molecule has 0 radical (unpaired) electrons. The van der Waals surface area contributed by atoms with Gasteiger partial charge in [-0.2, -0.15) is 4.37 Å². The van der Waals surface area contributed by atoms with Crippen LogP contribution in [0.2, 0.25) is 0 Å². The van der Waals surface area contributed by atoms with E-state index in [9.17, 15) is 4.79 Å². The van der Waals surface area contributed by atoms with Crippen LogP contribution in [0.5, 0.6) is 5.88 Å². The van der Waals surface area contributed by atoms with E-state index in [0.717, 1.165) is 5.69 Å². The Labute approximate surface area is 120 Å². The molecule has 0 aliphatic rings. The van der Waals surface area contributed by atoms with E-state index in [2.05, 4.69) is 14.7 Å². The van der Waals surface area contributed by atoms with Crippen LogP contribution < -0.4 is 10.1 Å². The van der Waals surface area contributed by atoms with E-state index in [1.165, 1.54) is 11.5 Å². The van der Waals surface area contributed by atoms with E-state index in [1.54, 1.807) is 37.7 Å². The van der Waals surface area contributed by atoms with Gasteiger partial charge >= 0.3 is 0 Å². The largest absolute Gasteiger partial charge is 0.475 e. The van der Waals surface area contributed by atoms with Gasteiger partial charge in [-0.3, -0.25) is 4.79 Å². The summed E-state index contributed by atoms with van der Waals surface area (Å²) in [6.07, 6.45) is 1.55. The predicted octanol–water partition coefficient (Wildman–Crippen LogP) is 2.12. The lowest BCUT2D eigenvalue weighted by atomic mass is 10.2. The van der Waals surface area contributed by atoms with Crippen molar-refractivity contribution >= 4 is 23.1 Å². The first-order valence-electron chi connectivity index (χ1n) is 6.01. The van der Waals surface area contributed by atoms with Gasteiger partial charge in [0.1, 0.15) is 6.61 Å². The molecule has 0 fully saturated rings. The number of pyridine rings is 1. The number of ether oxygens (including phenoxy) is 2. The molecule has 2 aromatic heterocycles. The lowest BCUT2D eigenvalue weighted by Crippen LogP contribution is -2.12. The van der Waals surface area contributed by atoms with Crippen LogP contribution in [0, 0.1) is 6.92 Å². The summed E-state index contributed by atoms with van der Waals surface area (Å²) in [7, 11) is 1.61. The molecule has 0 aliphatic carbocycles. The highest BCUT2D eigenvalue weighted by Gasteiger charge is 2.11. The first-order chi connectivity index (χ1) is 9.70. The standard InChI is InChI=1S/C13H15N3O3S/c1-9-11(8-20-16-9)13(17)15-10-3-4-12(14-7-10)19-6-5-18-2/h3-4,7-8H,5-6H2,1-2H3,(H,15,17). The first-order valence-corrected chi connectivity index (χ1v) is 6.84. The molecule has 1 amide bonds. The summed E-state index contributed by atoms with van der Waals surface area (Å²) in [5.74, 6) is 0.305. The summed E-state index contributed by atoms with van der Waals surface area (Å²) in [5.41, 5.74) is 1.91. The van der Waals surface area contributed by atoms with Crippen LogP contribution in [0.25, 0.3) is 0 Å². The maximum Gasteiger partial charge on any atom is 0.258 e. The van der Waals surface area contributed by atoms with Crippen molar-refractivity contribution in [3.05, 3.63) is 35.0 Å². The zero-order valence-electron chi connectivity index (χ0n) is 11.3. The van der Waals surface area contributed by atoms with Crippen molar-refractivity contribution < 1.29 is 14.3 Å². The molecule has 0 saturated carbocycles. The molecule has 6 nitrogen and oxygen atoms in total. The zero-order valence-corrected chi connectivity index (χ0v) is 12.1. The minimum absolute atomic E-state index is 0.189. The molecular formula is C13H15N3O3S. The molecule has 2 aromatic rings. The van der Waals surface area contributed by atoms with Gasteiger partial charge in [0.15, 0.2) is 0 Å². The zero-order chi connectivity index (χ0) is 14.4. The maximum absolute atomic E-state index is 12.0. The van der Waals surface area contributed by atoms with Crippen molar-refractivity contribution in [1.82, 2.24) is 9.36 Å². The molecule has 0 bridgehead atoms. The first kappa shape index (κ1) is 14.4. The highest BCUT2D eigenvalue weighted by Crippen LogP contribution is 2.15. The summed E-state index contributed by atoms with van der Waals surface area (Å²) >= 11 is 1.26. The van der Waals surface area contributed by atoms with E-state index < -0.39 is 0 Å². The Morgan fingerprint density at radius 2 is 2.25 bits per heavy atom. The normalized spacial score (nSPS) is 10.3. The van der Waals surface area contributed by atoms with Gasteiger partial charge in [-0.1, -0.05) is 0 Å². The molecule has 0 spiro atoms. The number of hydrogen-bond donors (Lipinski definition) is 1. The molecule has 0 aromatic carbocycles. The number of nitrogens with one attached hydrogen (secondary N) is 1. The average Bonchev–Trinajstić information content (AvgIpc) is 2.87. The van der Waals surface area contributed by atoms with Crippen molar-refractivity contribution in [2.24, 2.45) is 0 Å². The van der Waals surface area contributed by atoms with Gasteiger partial charge in [-0.05, 0) is 24.5 Å². The Balaban J connectivity index is 1.93. The van der Waals surface area contributed by atoms with E-state index in [0.29, 0.717) is 30.3 Å². The van der Waals surface area contributed by atoms with Crippen LogP contribution in [0.15, 0.2) is 23.7 Å². The monoisotopic (exact) mass is 293 g/mol. The molecule has 2 heterocycles. The van der Waals surface area contributed by atoms with E-state index in [-0.39, 0.29) is 5.91 Å².